The third-order valence-electron chi connectivity index (χ3n) is 4.54. The van der Waals surface area contributed by atoms with Gasteiger partial charge in [-0.25, -0.2) is 0 Å². The van der Waals surface area contributed by atoms with Crippen LogP contribution in [-0.4, -0.2) is 41.1 Å². The summed E-state index contributed by atoms with van der Waals surface area (Å²) in [6.07, 6.45) is 9.41. The summed E-state index contributed by atoms with van der Waals surface area (Å²) in [6, 6.07) is 0.776. The monoisotopic (exact) mass is 402 g/mol. The second-order valence-corrected chi connectivity index (χ2v) is 10.5. The highest BCUT2D eigenvalue weighted by Crippen LogP contribution is 2.28. The number of unbranched alkanes of at least 4 members (excludes halogenated alkanes) is 5. The fourth-order valence-corrected chi connectivity index (χ4v) is 5.89. The summed E-state index contributed by atoms with van der Waals surface area (Å²) in [5, 5.41) is 3.10. The van der Waals surface area contributed by atoms with Crippen molar-refractivity contribution in [3.63, 3.8) is 0 Å². The molecule has 0 aliphatic rings. The van der Waals surface area contributed by atoms with E-state index in [1.165, 1.54) is 12.8 Å². The Hall–Kier alpha value is -0.433. The van der Waals surface area contributed by atoms with Crippen molar-refractivity contribution in [2.45, 2.75) is 92.5 Å². The lowest BCUT2D eigenvalue weighted by Crippen LogP contribution is -2.47. The van der Waals surface area contributed by atoms with Gasteiger partial charge in [0.15, 0.2) is 0 Å². The summed E-state index contributed by atoms with van der Waals surface area (Å²) in [5.74, 6) is 0.148. The summed E-state index contributed by atoms with van der Waals surface area (Å²) < 4.78 is 17.8. The minimum atomic E-state index is -2.62. The highest BCUT2D eigenvalue weighted by atomic mass is 28.4. The molecule has 0 unspecified atom stereocenters. The molecule has 0 spiro atoms. The van der Waals surface area contributed by atoms with Crippen molar-refractivity contribution >= 4 is 14.7 Å². The molecule has 27 heavy (non-hydrogen) atoms. The van der Waals surface area contributed by atoms with Crippen LogP contribution in [0.2, 0.25) is 6.04 Å². The van der Waals surface area contributed by atoms with Crippen molar-refractivity contribution in [2.24, 2.45) is 5.41 Å². The van der Waals surface area contributed by atoms with Crippen LogP contribution < -0.4 is 5.32 Å². The van der Waals surface area contributed by atoms with Gasteiger partial charge in [-0.1, -0.05) is 40.0 Å². The Kier molecular flexibility index (Phi) is 15.2. The number of carbonyl (C=O) groups excluding carboxylic acids is 1. The number of carbonyl (C=O) groups is 1. The van der Waals surface area contributed by atoms with Crippen molar-refractivity contribution < 1.29 is 18.1 Å². The number of hydrogen-bond acceptors (Lipinski definition) is 4. The molecule has 0 aromatic heterocycles. The second kappa shape index (κ2) is 15.5. The molecule has 161 valence electrons. The minimum absolute atomic E-state index is 0.0214. The van der Waals surface area contributed by atoms with E-state index in [2.05, 4.69) is 32.5 Å². The van der Waals surface area contributed by atoms with Crippen LogP contribution in [0.25, 0.3) is 0 Å². The maximum atomic E-state index is 12.1. The van der Waals surface area contributed by atoms with E-state index in [-0.39, 0.29) is 11.3 Å². The van der Waals surface area contributed by atoms with Gasteiger partial charge in [0.2, 0.25) is 5.91 Å². The van der Waals surface area contributed by atoms with Crippen molar-refractivity contribution in [3.8, 4) is 0 Å². The van der Waals surface area contributed by atoms with Gasteiger partial charge in [-0.3, -0.25) is 4.79 Å². The Morgan fingerprint density at radius 2 is 1.52 bits per heavy atom. The molecule has 0 saturated carbocycles. The number of rotatable bonds is 18. The number of amides is 1. The number of nitrogens with one attached hydrogen (secondary N) is 1. The molecule has 5 nitrogen and oxygen atoms in total. The molecule has 1 amide bonds. The smallest absolute Gasteiger partial charge is 0.374 e. The van der Waals surface area contributed by atoms with Crippen LogP contribution in [0.1, 0.15) is 86.5 Å². The Morgan fingerprint density at radius 1 is 0.963 bits per heavy atom. The third kappa shape index (κ3) is 13.4. The molecular weight excluding hydrogens is 358 g/mol. The predicted molar refractivity (Wildman–Crippen MR) is 115 cm³/mol. The van der Waals surface area contributed by atoms with E-state index in [1.54, 1.807) is 0 Å². The highest BCUT2D eigenvalue weighted by Gasteiger charge is 2.41. The van der Waals surface area contributed by atoms with Gasteiger partial charge in [0.25, 0.3) is 0 Å². The third-order valence-corrected chi connectivity index (χ3v) is 7.59. The first-order chi connectivity index (χ1) is 12.8. The van der Waals surface area contributed by atoms with Crippen LogP contribution in [0.5, 0.6) is 0 Å². The first-order valence-electron chi connectivity index (χ1n) is 10.8. The minimum Gasteiger partial charge on any atom is -0.374 e. The van der Waals surface area contributed by atoms with Gasteiger partial charge in [-0.15, -0.1) is 0 Å². The lowest BCUT2D eigenvalue weighted by molar-refractivity contribution is -0.121. The Labute approximate surface area is 169 Å². The molecule has 0 aliphatic heterocycles. The highest BCUT2D eigenvalue weighted by molar-refractivity contribution is 6.60. The fourth-order valence-electron chi connectivity index (χ4n) is 2.91. The van der Waals surface area contributed by atoms with Crippen LogP contribution in [-0.2, 0) is 18.1 Å². The average molecular weight is 403 g/mol. The molecule has 0 aromatic rings. The Morgan fingerprint density at radius 3 is 2.04 bits per heavy atom. The molecule has 0 fully saturated rings. The summed E-state index contributed by atoms with van der Waals surface area (Å²) in [7, 11) is -2.62. The van der Waals surface area contributed by atoms with Crippen LogP contribution in [0.3, 0.4) is 0 Å². The van der Waals surface area contributed by atoms with Crippen molar-refractivity contribution in [3.05, 3.63) is 6.42 Å². The van der Waals surface area contributed by atoms with Crippen LogP contribution in [0, 0.1) is 11.8 Å². The van der Waals surface area contributed by atoms with Gasteiger partial charge in [0.1, 0.15) is 0 Å². The zero-order valence-corrected chi connectivity index (χ0v) is 19.7. The maximum absolute atomic E-state index is 12.1. The SMILES string of the molecule is CCCC[CH]CCCC(=O)NCC(C)(C)CC[Si](OCC)(OCC)OCC. The Bertz CT molecular complexity index is 360. The van der Waals surface area contributed by atoms with Crippen molar-refractivity contribution in [1.82, 2.24) is 5.32 Å². The standard InChI is InChI=1S/C21H44NO4Si/c1-7-11-12-13-14-15-16-20(23)22-19-21(5,6)17-18-27(24-8-2,25-9-3)26-10-4/h13H,7-12,14-19H2,1-6H3,(H,22,23). The molecule has 0 bridgehead atoms. The lowest BCUT2D eigenvalue weighted by Gasteiger charge is -2.32. The molecule has 0 heterocycles. The van der Waals surface area contributed by atoms with Crippen molar-refractivity contribution in [2.75, 3.05) is 26.4 Å². The average Bonchev–Trinajstić information content (AvgIpc) is 2.62. The molecule has 6 heteroatoms. The van der Waals surface area contributed by atoms with E-state index in [0.717, 1.165) is 31.7 Å². The fraction of sp³-hybridized carbons (Fsp3) is 0.905. The van der Waals surface area contributed by atoms with Crippen molar-refractivity contribution in [1.29, 1.82) is 0 Å². The quantitative estimate of drug-likeness (QED) is 0.255. The van der Waals surface area contributed by atoms with Gasteiger partial charge < -0.3 is 18.6 Å². The van der Waals surface area contributed by atoms with E-state index < -0.39 is 8.80 Å². The molecule has 1 radical (unpaired) electrons. The summed E-state index contributed by atoms with van der Waals surface area (Å²) in [4.78, 5) is 12.1. The van der Waals surface area contributed by atoms with Crippen LogP contribution in [0.15, 0.2) is 0 Å². The van der Waals surface area contributed by atoms with E-state index in [1.807, 2.05) is 20.8 Å². The van der Waals surface area contributed by atoms with Gasteiger partial charge >= 0.3 is 8.80 Å². The van der Waals surface area contributed by atoms with E-state index in [0.29, 0.717) is 32.8 Å². The summed E-state index contributed by atoms with van der Waals surface area (Å²) >= 11 is 0. The summed E-state index contributed by atoms with van der Waals surface area (Å²) in [6.45, 7) is 14.9. The van der Waals surface area contributed by atoms with Gasteiger partial charge in [-0.05, 0) is 51.9 Å². The van der Waals surface area contributed by atoms with Crippen LogP contribution in [0.4, 0.5) is 0 Å². The zero-order chi connectivity index (χ0) is 20.6. The second-order valence-electron chi connectivity index (χ2n) is 7.75. The van der Waals surface area contributed by atoms with Gasteiger partial charge in [0, 0.05) is 38.8 Å². The molecule has 1 N–H and O–H groups in total. The first kappa shape index (κ1) is 26.6. The summed E-state index contributed by atoms with van der Waals surface area (Å²) in [5.41, 5.74) is -0.0214. The molecule has 0 saturated heterocycles. The molecule has 0 aromatic carbocycles. The predicted octanol–water partition coefficient (Wildman–Crippen LogP) is 5.13. The largest absolute Gasteiger partial charge is 0.500 e. The Balaban J connectivity index is 4.27. The van der Waals surface area contributed by atoms with E-state index in [9.17, 15) is 4.79 Å². The number of hydrogen-bond donors (Lipinski definition) is 1. The topological polar surface area (TPSA) is 56.8 Å². The lowest BCUT2D eigenvalue weighted by atomic mass is 9.90. The van der Waals surface area contributed by atoms with Crippen LogP contribution >= 0.6 is 0 Å². The van der Waals surface area contributed by atoms with Gasteiger partial charge in [-0.2, -0.15) is 0 Å². The first-order valence-corrected chi connectivity index (χ1v) is 12.8. The zero-order valence-electron chi connectivity index (χ0n) is 18.7. The molecular formula is C21H44NO4Si. The normalized spacial score (nSPS) is 12.4. The van der Waals surface area contributed by atoms with E-state index in [4.69, 9.17) is 13.3 Å². The van der Waals surface area contributed by atoms with E-state index >= 15 is 0 Å². The maximum Gasteiger partial charge on any atom is 0.500 e. The molecule has 0 aliphatic carbocycles. The molecule has 0 rings (SSSR count). The van der Waals surface area contributed by atoms with Gasteiger partial charge in [0.05, 0.1) is 0 Å². The molecule has 0 atom stereocenters.